The van der Waals surface area contributed by atoms with E-state index in [-0.39, 0.29) is 5.41 Å². The highest BCUT2D eigenvalue weighted by Crippen LogP contribution is 2.29. The second kappa shape index (κ2) is 7.20. The molecular formula is C14H23Cl2N3. The third kappa shape index (κ3) is 5.87. The summed E-state index contributed by atoms with van der Waals surface area (Å²) < 4.78 is 0. The summed E-state index contributed by atoms with van der Waals surface area (Å²) in [5.41, 5.74) is 0.287. The van der Waals surface area contributed by atoms with E-state index in [4.69, 9.17) is 23.2 Å². The molecule has 0 aliphatic carbocycles. The third-order valence-corrected chi connectivity index (χ3v) is 3.22. The first-order valence-electron chi connectivity index (χ1n) is 6.67. The summed E-state index contributed by atoms with van der Waals surface area (Å²) in [6.45, 7) is 10.4. The lowest BCUT2D eigenvalue weighted by atomic mass is 9.92. The molecular weight excluding hydrogens is 281 g/mol. The molecule has 0 bridgehead atoms. The second-order valence-electron chi connectivity index (χ2n) is 5.81. The molecule has 108 valence electrons. The van der Waals surface area contributed by atoms with Gasteiger partial charge < -0.3 is 10.6 Å². The van der Waals surface area contributed by atoms with E-state index in [1.54, 1.807) is 6.07 Å². The maximum Gasteiger partial charge on any atom is 0.147 e. The van der Waals surface area contributed by atoms with Crippen LogP contribution in [-0.4, -0.2) is 18.1 Å². The van der Waals surface area contributed by atoms with Gasteiger partial charge >= 0.3 is 0 Å². The summed E-state index contributed by atoms with van der Waals surface area (Å²) in [4.78, 5) is 4.44. The first kappa shape index (κ1) is 16.4. The Labute approximate surface area is 126 Å². The molecule has 0 aromatic carbocycles. The van der Waals surface area contributed by atoms with Crippen molar-refractivity contribution in [3.8, 4) is 0 Å². The van der Waals surface area contributed by atoms with E-state index in [9.17, 15) is 0 Å². The van der Waals surface area contributed by atoms with Crippen LogP contribution in [0.4, 0.5) is 11.6 Å². The number of halogens is 2. The highest BCUT2D eigenvalue weighted by Gasteiger charge is 2.12. The molecule has 0 fully saturated rings. The molecule has 0 saturated carbocycles. The maximum absolute atomic E-state index is 6.15. The molecule has 1 rings (SSSR count). The molecule has 0 aliphatic heterocycles. The van der Waals surface area contributed by atoms with Crippen LogP contribution in [0.2, 0.25) is 10.0 Å². The minimum Gasteiger partial charge on any atom is -0.369 e. The average Bonchev–Trinajstić information content (AvgIpc) is 2.29. The van der Waals surface area contributed by atoms with E-state index in [0.29, 0.717) is 21.7 Å². The number of hydrogen-bond acceptors (Lipinski definition) is 3. The van der Waals surface area contributed by atoms with Crippen molar-refractivity contribution in [1.29, 1.82) is 0 Å². The summed E-state index contributed by atoms with van der Waals surface area (Å²) in [7, 11) is 0. The highest BCUT2D eigenvalue weighted by atomic mass is 35.5. The molecule has 0 aliphatic rings. The van der Waals surface area contributed by atoms with Crippen LogP contribution in [0.5, 0.6) is 0 Å². The molecule has 3 nitrogen and oxygen atoms in total. The predicted molar refractivity (Wildman–Crippen MR) is 85.6 cm³/mol. The summed E-state index contributed by atoms with van der Waals surface area (Å²) in [6, 6.07) is 1.73. The van der Waals surface area contributed by atoms with Gasteiger partial charge in [-0.25, -0.2) is 4.98 Å². The van der Waals surface area contributed by atoms with Gasteiger partial charge in [0.05, 0.1) is 10.0 Å². The second-order valence-corrected chi connectivity index (χ2v) is 6.63. The quantitative estimate of drug-likeness (QED) is 0.771. The van der Waals surface area contributed by atoms with Gasteiger partial charge in [0.2, 0.25) is 0 Å². The van der Waals surface area contributed by atoms with E-state index in [1.165, 1.54) is 0 Å². The average molecular weight is 304 g/mol. The predicted octanol–water partition coefficient (Wildman–Crippen LogP) is 5.06. The Kier molecular flexibility index (Phi) is 6.21. The van der Waals surface area contributed by atoms with Gasteiger partial charge in [-0.1, -0.05) is 50.9 Å². The van der Waals surface area contributed by atoms with Gasteiger partial charge in [0.1, 0.15) is 11.6 Å². The van der Waals surface area contributed by atoms with Crippen molar-refractivity contribution in [3.05, 3.63) is 16.1 Å². The third-order valence-electron chi connectivity index (χ3n) is 2.64. The smallest absolute Gasteiger partial charge is 0.147 e. The molecule has 0 amide bonds. The standard InChI is InChI=1S/C14H23Cl2N3/c1-5-7-17-12-10(15)9-11(16)13(19-12)18-8-6-14(2,3)4/h9H,5-8H2,1-4H3,(H2,17,18,19). The van der Waals surface area contributed by atoms with Crippen molar-refractivity contribution in [3.63, 3.8) is 0 Å². The van der Waals surface area contributed by atoms with Crippen molar-refractivity contribution in [2.24, 2.45) is 5.41 Å². The summed E-state index contributed by atoms with van der Waals surface area (Å²) in [5, 5.41) is 7.58. The lowest BCUT2D eigenvalue weighted by molar-refractivity contribution is 0.389. The molecule has 19 heavy (non-hydrogen) atoms. The Morgan fingerprint density at radius 3 is 2.05 bits per heavy atom. The lowest BCUT2D eigenvalue weighted by Crippen LogP contribution is -2.14. The van der Waals surface area contributed by atoms with Crippen molar-refractivity contribution in [1.82, 2.24) is 4.98 Å². The first-order valence-corrected chi connectivity index (χ1v) is 7.43. The molecule has 0 radical (unpaired) electrons. The molecule has 0 spiro atoms. The van der Waals surface area contributed by atoms with Gasteiger partial charge in [0.25, 0.3) is 0 Å². The Morgan fingerprint density at radius 2 is 1.58 bits per heavy atom. The van der Waals surface area contributed by atoms with E-state index in [2.05, 4.69) is 43.3 Å². The number of pyridine rings is 1. The summed E-state index contributed by atoms with van der Waals surface area (Å²) in [5.74, 6) is 1.38. The molecule has 2 N–H and O–H groups in total. The van der Waals surface area contributed by atoms with Gasteiger partial charge in [0, 0.05) is 13.1 Å². The zero-order valence-electron chi connectivity index (χ0n) is 12.1. The minimum atomic E-state index is 0.287. The van der Waals surface area contributed by atoms with E-state index >= 15 is 0 Å². The number of anilines is 2. The van der Waals surface area contributed by atoms with Gasteiger partial charge in [-0.2, -0.15) is 0 Å². The SMILES string of the molecule is CCCNc1nc(NCCC(C)(C)C)c(Cl)cc1Cl. The van der Waals surface area contributed by atoms with Crippen LogP contribution < -0.4 is 10.6 Å². The number of rotatable bonds is 6. The van der Waals surface area contributed by atoms with Gasteiger partial charge in [-0.3, -0.25) is 0 Å². The van der Waals surface area contributed by atoms with Gasteiger partial charge in [0.15, 0.2) is 0 Å². The number of hydrogen-bond donors (Lipinski definition) is 2. The maximum atomic E-state index is 6.15. The Bertz CT molecular complexity index is 414. The van der Waals surface area contributed by atoms with Gasteiger partial charge in [-0.05, 0) is 24.3 Å². The van der Waals surface area contributed by atoms with Crippen LogP contribution in [-0.2, 0) is 0 Å². The lowest BCUT2D eigenvalue weighted by Gasteiger charge is -2.19. The zero-order chi connectivity index (χ0) is 14.5. The largest absolute Gasteiger partial charge is 0.369 e. The van der Waals surface area contributed by atoms with E-state index in [0.717, 1.165) is 25.9 Å². The Morgan fingerprint density at radius 1 is 1.05 bits per heavy atom. The van der Waals surface area contributed by atoms with Crippen LogP contribution in [0.1, 0.15) is 40.5 Å². The Balaban J connectivity index is 2.71. The summed E-state index contributed by atoms with van der Waals surface area (Å²) in [6.07, 6.45) is 2.07. The van der Waals surface area contributed by atoms with E-state index < -0.39 is 0 Å². The molecule has 0 unspecified atom stereocenters. The molecule has 5 heteroatoms. The van der Waals surface area contributed by atoms with Crippen LogP contribution in [0.3, 0.4) is 0 Å². The highest BCUT2D eigenvalue weighted by molar-refractivity contribution is 6.37. The van der Waals surface area contributed by atoms with Crippen molar-refractivity contribution < 1.29 is 0 Å². The van der Waals surface area contributed by atoms with Crippen LogP contribution >= 0.6 is 23.2 Å². The molecule has 1 aromatic rings. The van der Waals surface area contributed by atoms with Crippen molar-refractivity contribution in [2.75, 3.05) is 23.7 Å². The first-order chi connectivity index (χ1) is 8.83. The molecule has 0 saturated heterocycles. The van der Waals surface area contributed by atoms with Gasteiger partial charge in [-0.15, -0.1) is 0 Å². The monoisotopic (exact) mass is 303 g/mol. The molecule has 1 heterocycles. The topological polar surface area (TPSA) is 37.0 Å². The fraction of sp³-hybridized carbons (Fsp3) is 0.643. The molecule has 0 atom stereocenters. The molecule has 1 aromatic heterocycles. The fourth-order valence-corrected chi connectivity index (χ4v) is 2.01. The Hall–Kier alpha value is -0.670. The normalized spacial score (nSPS) is 11.5. The minimum absolute atomic E-state index is 0.287. The number of aromatic nitrogens is 1. The summed E-state index contributed by atoms with van der Waals surface area (Å²) >= 11 is 12.3. The van der Waals surface area contributed by atoms with Crippen molar-refractivity contribution in [2.45, 2.75) is 40.5 Å². The van der Waals surface area contributed by atoms with Crippen LogP contribution in [0, 0.1) is 5.41 Å². The zero-order valence-corrected chi connectivity index (χ0v) is 13.6. The fourth-order valence-electron chi connectivity index (χ4n) is 1.51. The van der Waals surface area contributed by atoms with Crippen LogP contribution in [0.25, 0.3) is 0 Å². The van der Waals surface area contributed by atoms with Crippen LogP contribution in [0.15, 0.2) is 6.07 Å². The van der Waals surface area contributed by atoms with Crippen molar-refractivity contribution >= 4 is 34.8 Å². The number of nitrogens with zero attached hydrogens (tertiary/aromatic N) is 1. The number of nitrogens with one attached hydrogen (secondary N) is 2. The van der Waals surface area contributed by atoms with E-state index in [1.807, 2.05) is 0 Å².